The summed E-state index contributed by atoms with van der Waals surface area (Å²) in [7, 11) is -2.22. The predicted octanol–water partition coefficient (Wildman–Crippen LogP) is 7.06. The van der Waals surface area contributed by atoms with E-state index in [1.807, 2.05) is 45.9 Å². The molecular weight excluding hydrogens is 534 g/mol. The number of carbonyl (C=O) groups excluding carboxylic acids is 1. The Balaban J connectivity index is 1.77. The summed E-state index contributed by atoms with van der Waals surface area (Å²) in [5.74, 6) is 0.0864. The lowest BCUT2D eigenvalue weighted by Gasteiger charge is -2.33. The number of nitrogens with one attached hydrogen (secondary N) is 1. The van der Waals surface area contributed by atoms with Crippen LogP contribution in [-0.2, 0) is 21.5 Å². The molecule has 3 aromatic rings. The van der Waals surface area contributed by atoms with Crippen LogP contribution < -0.4 is 14.2 Å². The van der Waals surface area contributed by atoms with Crippen molar-refractivity contribution in [3.05, 3.63) is 69.4 Å². The number of allylic oxidation sites excluding steroid dienone is 1. The summed E-state index contributed by atoms with van der Waals surface area (Å²) in [5, 5.41) is 3.55. The van der Waals surface area contributed by atoms with Crippen LogP contribution in [0.4, 0.5) is 5.69 Å². The third kappa shape index (κ3) is 6.65. The van der Waals surface area contributed by atoms with Crippen LogP contribution in [0.25, 0.3) is 16.7 Å². The number of rotatable bonds is 9. The highest BCUT2D eigenvalue weighted by Crippen LogP contribution is 2.43. The summed E-state index contributed by atoms with van der Waals surface area (Å²) in [5.41, 5.74) is 5.09. The summed E-state index contributed by atoms with van der Waals surface area (Å²) >= 11 is 1.39. The number of hydrogen-bond donors (Lipinski definition) is 1. The maximum atomic E-state index is 12.9. The van der Waals surface area contributed by atoms with E-state index in [9.17, 15) is 13.2 Å². The summed E-state index contributed by atoms with van der Waals surface area (Å²) in [6.45, 7) is 11.9. The molecule has 1 N–H and O–H groups in total. The molecule has 7 nitrogen and oxygen atoms in total. The van der Waals surface area contributed by atoms with E-state index in [1.165, 1.54) is 18.4 Å². The van der Waals surface area contributed by atoms with Gasteiger partial charge in [-0.25, -0.2) is 4.79 Å². The molecule has 0 radical (unpaired) electrons. The molecule has 0 saturated heterocycles. The largest absolute Gasteiger partial charge is 0.496 e. The van der Waals surface area contributed by atoms with Crippen LogP contribution in [0.1, 0.15) is 60.3 Å². The standard InChI is InChI=1S/C30H35NO6S2/c1-18(2)17-39(33,34)37-21-9-10-23(26(14-21)35-7)22-11-12-25-28(19(3)15-30(5,6)31-25)24(22)16-36-29(32)27-13-8-20(4)38-27/h8-15,18,31H,16-17H2,1-7H3. The van der Waals surface area contributed by atoms with Crippen LogP contribution in [0, 0.1) is 12.8 Å². The Labute approximate surface area is 234 Å². The van der Waals surface area contributed by atoms with E-state index < -0.39 is 10.1 Å². The highest BCUT2D eigenvalue weighted by molar-refractivity contribution is 7.87. The first-order valence-electron chi connectivity index (χ1n) is 12.8. The molecule has 208 valence electrons. The molecule has 2 aromatic carbocycles. The molecule has 0 saturated carbocycles. The monoisotopic (exact) mass is 569 g/mol. The number of hydrogen-bond acceptors (Lipinski definition) is 8. The first-order chi connectivity index (χ1) is 18.3. The van der Waals surface area contributed by atoms with Gasteiger partial charge < -0.3 is 19.0 Å². The fourth-order valence-electron chi connectivity index (χ4n) is 4.89. The fraction of sp³-hybridized carbons (Fsp3) is 0.367. The molecule has 0 atom stereocenters. The van der Waals surface area contributed by atoms with E-state index >= 15 is 0 Å². The lowest BCUT2D eigenvalue weighted by molar-refractivity contribution is 0.0479. The molecule has 0 bridgehead atoms. The zero-order chi connectivity index (χ0) is 28.5. The molecule has 2 heterocycles. The van der Waals surface area contributed by atoms with Gasteiger partial charge in [0.25, 0.3) is 0 Å². The highest BCUT2D eigenvalue weighted by atomic mass is 32.2. The van der Waals surface area contributed by atoms with Crippen molar-refractivity contribution in [3.63, 3.8) is 0 Å². The minimum Gasteiger partial charge on any atom is -0.496 e. The normalized spacial score (nSPS) is 14.3. The number of thiophene rings is 1. The van der Waals surface area contributed by atoms with Crippen molar-refractivity contribution >= 4 is 38.7 Å². The van der Waals surface area contributed by atoms with Crippen LogP contribution >= 0.6 is 11.3 Å². The van der Waals surface area contributed by atoms with Gasteiger partial charge in [-0.3, -0.25) is 0 Å². The average molecular weight is 570 g/mol. The van der Waals surface area contributed by atoms with Gasteiger partial charge in [-0.2, -0.15) is 8.42 Å². The van der Waals surface area contributed by atoms with E-state index in [2.05, 4.69) is 25.2 Å². The van der Waals surface area contributed by atoms with E-state index in [4.69, 9.17) is 13.7 Å². The molecule has 0 spiro atoms. The molecule has 0 amide bonds. The van der Waals surface area contributed by atoms with Gasteiger partial charge in [0, 0.05) is 33.3 Å². The summed E-state index contributed by atoms with van der Waals surface area (Å²) < 4.78 is 41.7. The van der Waals surface area contributed by atoms with Crippen molar-refractivity contribution in [3.8, 4) is 22.6 Å². The zero-order valence-electron chi connectivity index (χ0n) is 23.4. The van der Waals surface area contributed by atoms with Crippen molar-refractivity contribution in [1.29, 1.82) is 0 Å². The third-order valence-corrected chi connectivity index (χ3v) is 8.76. The quantitative estimate of drug-likeness (QED) is 0.218. The van der Waals surface area contributed by atoms with E-state index in [0.717, 1.165) is 38.4 Å². The van der Waals surface area contributed by atoms with Crippen LogP contribution in [0.3, 0.4) is 0 Å². The first-order valence-corrected chi connectivity index (χ1v) is 15.2. The van der Waals surface area contributed by atoms with Crippen molar-refractivity contribution in [2.75, 3.05) is 18.2 Å². The zero-order valence-corrected chi connectivity index (χ0v) is 25.0. The van der Waals surface area contributed by atoms with E-state index in [-0.39, 0.29) is 35.5 Å². The number of fused-ring (bicyclic) bond motifs is 1. The molecular formula is C30H35NO6S2. The van der Waals surface area contributed by atoms with E-state index in [0.29, 0.717) is 10.6 Å². The maximum absolute atomic E-state index is 12.9. The molecule has 39 heavy (non-hydrogen) atoms. The summed E-state index contributed by atoms with van der Waals surface area (Å²) in [4.78, 5) is 14.5. The van der Waals surface area contributed by atoms with Gasteiger partial charge in [-0.05, 0) is 75.1 Å². The second kappa shape index (κ2) is 11.1. The average Bonchev–Trinajstić information content (AvgIpc) is 3.26. The second-order valence-electron chi connectivity index (χ2n) is 10.7. The van der Waals surface area contributed by atoms with Gasteiger partial charge in [0.05, 0.1) is 18.4 Å². The highest BCUT2D eigenvalue weighted by Gasteiger charge is 2.28. The van der Waals surface area contributed by atoms with Gasteiger partial charge >= 0.3 is 16.1 Å². The Kier molecular flexibility index (Phi) is 8.14. The number of benzene rings is 2. The molecule has 1 aliphatic heterocycles. The molecule has 1 aromatic heterocycles. The Hall–Kier alpha value is -3.30. The molecule has 1 aliphatic rings. The number of carbonyl (C=O) groups is 1. The minimum atomic E-state index is -3.75. The molecule has 4 rings (SSSR count). The first kappa shape index (κ1) is 28.7. The van der Waals surface area contributed by atoms with Crippen LogP contribution in [0.15, 0.2) is 48.5 Å². The van der Waals surface area contributed by atoms with Crippen LogP contribution in [0.2, 0.25) is 0 Å². The van der Waals surface area contributed by atoms with Gasteiger partial charge in [-0.15, -0.1) is 11.3 Å². The molecule has 0 fully saturated rings. The summed E-state index contributed by atoms with van der Waals surface area (Å²) in [6, 6.07) is 12.6. The predicted molar refractivity (Wildman–Crippen MR) is 157 cm³/mol. The van der Waals surface area contributed by atoms with Crippen molar-refractivity contribution in [2.45, 2.75) is 53.7 Å². The van der Waals surface area contributed by atoms with Gasteiger partial charge in [0.2, 0.25) is 0 Å². The lowest BCUT2D eigenvalue weighted by atomic mass is 9.85. The Morgan fingerprint density at radius 1 is 1.05 bits per heavy atom. The van der Waals surface area contributed by atoms with Crippen molar-refractivity contribution in [1.82, 2.24) is 0 Å². The Morgan fingerprint density at radius 3 is 2.41 bits per heavy atom. The number of esters is 1. The SMILES string of the molecule is COc1cc(OS(=O)(=O)CC(C)C)ccc1-c1ccc2c(c1COC(=O)c1ccc(C)s1)C(C)=CC(C)(C)N2. The van der Waals surface area contributed by atoms with Crippen molar-refractivity contribution in [2.24, 2.45) is 5.92 Å². The molecule has 9 heteroatoms. The molecule has 0 unspecified atom stereocenters. The smallest absolute Gasteiger partial charge is 0.348 e. The Morgan fingerprint density at radius 2 is 1.77 bits per heavy atom. The summed E-state index contributed by atoms with van der Waals surface area (Å²) in [6.07, 6.45) is 2.15. The number of anilines is 1. The van der Waals surface area contributed by atoms with Gasteiger partial charge in [-0.1, -0.05) is 26.0 Å². The molecule has 0 aliphatic carbocycles. The number of methoxy groups -OCH3 is 1. The lowest BCUT2D eigenvalue weighted by Crippen LogP contribution is -2.32. The number of ether oxygens (including phenoxy) is 2. The third-order valence-electron chi connectivity index (χ3n) is 6.25. The maximum Gasteiger partial charge on any atom is 0.348 e. The van der Waals surface area contributed by atoms with Crippen LogP contribution in [0.5, 0.6) is 11.5 Å². The minimum absolute atomic E-state index is 0.0474. The second-order valence-corrected chi connectivity index (χ2v) is 13.6. The fourth-order valence-corrected chi connectivity index (χ4v) is 6.93. The number of aryl methyl sites for hydroxylation is 1. The van der Waals surface area contributed by atoms with E-state index in [1.54, 1.807) is 24.3 Å². The van der Waals surface area contributed by atoms with Crippen molar-refractivity contribution < 1.29 is 26.9 Å². The van der Waals surface area contributed by atoms with Crippen LogP contribution in [-0.4, -0.2) is 32.8 Å². The Bertz CT molecular complexity index is 1530. The van der Waals surface area contributed by atoms with Gasteiger partial charge in [0.1, 0.15) is 23.0 Å². The topological polar surface area (TPSA) is 90.9 Å². The van der Waals surface area contributed by atoms with Gasteiger partial charge in [0.15, 0.2) is 0 Å².